The van der Waals surface area contributed by atoms with Crippen LogP contribution in [0.1, 0.15) is 17.3 Å². The Labute approximate surface area is 91.8 Å². The molecule has 1 atom stereocenters. The summed E-state index contributed by atoms with van der Waals surface area (Å²) >= 11 is 1.59. The fourth-order valence-corrected chi connectivity index (χ4v) is 2.20. The molecule has 0 aliphatic heterocycles. The second-order valence-corrected chi connectivity index (χ2v) is 3.93. The maximum absolute atomic E-state index is 13.5. The van der Waals surface area contributed by atoms with Crippen molar-refractivity contribution in [2.24, 2.45) is 0 Å². The number of nitrogens with zero attached hydrogens (tertiary/aromatic N) is 1. The lowest BCUT2D eigenvalue weighted by Crippen LogP contribution is -2.19. The summed E-state index contributed by atoms with van der Waals surface area (Å²) in [5.74, 6) is -0.275. The van der Waals surface area contributed by atoms with Crippen LogP contribution in [-0.4, -0.2) is 12.0 Å². The molecule has 0 aromatic carbocycles. The number of hydrogen-bond acceptors (Lipinski definition) is 3. The molecule has 2 aromatic rings. The van der Waals surface area contributed by atoms with Crippen molar-refractivity contribution in [1.82, 2.24) is 10.3 Å². The Bertz CT molecular complexity index is 428. The molecule has 78 valence electrons. The third kappa shape index (κ3) is 2.06. The maximum atomic E-state index is 13.5. The van der Waals surface area contributed by atoms with E-state index in [1.54, 1.807) is 30.6 Å². The Balaban J connectivity index is 2.40. The van der Waals surface area contributed by atoms with E-state index in [4.69, 9.17) is 0 Å². The zero-order valence-corrected chi connectivity index (χ0v) is 9.09. The molecule has 1 N–H and O–H groups in total. The van der Waals surface area contributed by atoms with Gasteiger partial charge in [-0.05, 0) is 41.6 Å². The van der Waals surface area contributed by atoms with E-state index in [-0.39, 0.29) is 11.9 Å². The van der Waals surface area contributed by atoms with Crippen LogP contribution in [-0.2, 0) is 0 Å². The molecule has 2 nitrogen and oxygen atoms in total. The van der Waals surface area contributed by atoms with Gasteiger partial charge in [-0.15, -0.1) is 0 Å². The number of rotatable bonds is 3. The molecule has 1 unspecified atom stereocenters. The van der Waals surface area contributed by atoms with Crippen molar-refractivity contribution in [2.75, 3.05) is 7.05 Å². The van der Waals surface area contributed by atoms with E-state index in [9.17, 15) is 4.39 Å². The van der Waals surface area contributed by atoms with Gasteiger partial charge >= 0.3 is 0 Å². The first-order valence-corrected chi connectivity index (χ1v) is 5.57. The normalized spacial score (nSPS) is 12.7. The topological polar surface area (TPSA) is 24.9 Å². The molecule has 2 rings (SSSR count). The van der Waals surface area contributed by atoms with Crippen LogP contribution in [0.25, 0.3) is 0 Å². The summed E-state index contributed by atoms with van der Waals surface area (Å²) < 4.78 is 13.5. The lowest BCUT2D eigenvalue weighted by molar-refractivity contribution is 0.560. The summed E-state index contributed by atoms with van der Waals surface area (Å²) in [5.41, 5.74) is 1.48. The van der Waals surface area contributed by atoms with Gasteiger partial charge in [0.25, 0.3) is 0 Å². The molecule has 0 bridgehead atoms. The monoisotopic (exact) mass is 222 g/mol. The fourth-order valence-electron chi connectivity index (χ4n) is 1.51. The molecule has 0 amide bonds. The second-order valence-electron chi connectivity index (χ2n) is 3.15. The molecule has 0 saturated heterocycles. The van der Waals surface area contributed by atoms with Crippen LogP contribution >= 0.6 is 11.3 Å². The fraction of sp³-hybridized carbons (Fsp3) is 0.182. The third-order valence-corrected chi connectivity index (χ3v) is 2.93. The van der Waals surface area contributed by atoms with Crippen molar-refractivity contribution in [3.63, 3.8) is 0 Å². The first kappa shape index (κ1) is 10.3. The largest absolute Gasteiger partial charge is 0.308 e. The van der Waals surface area contributed by atoms with Gasteiger partial charge in [-0.1, -0.05) is 0 Å². The molecule has 0 aliphatic carbocycles. The number of thiophene rings is 1. The SMILES string of the molecule is CNC(c1ccsc1)c1ncccc1F. The summed E-state index contributed by atoms with van der Waals surface area (Å²) in [7, 11) is 1.80. The van der Waals surface area contributed by atoms with Gasteiger partial charge in [-0.3, -0.25) is 4.98 Å². The lowest BCUT2D eigenvalue weighted by atomic mass is 10.1. The van der Waals surface area contributed by atoms with Crippen molar-refractivity contribution in [3.05, 3.63) is 52.2 Å². The maximum Gasteiger partial charge on any atom is 0.146 e. The average Bonchev–Trinajstić information content (AvgIpc) is 2.75. The first-order chi connectivity index (χ1) is 7.33. The lowest BCUT2D eigenvalue weighted by Gasteiger charge is -2.14. The highest BCUT2D eigenvalue weighted by Crippen LogP contribution is 2.23. The average molecular weight is 222 g/mol. The van der Waals surface area contributed by atoms with Crippen molar-refractivity contribution in [2.45, 2.75) is 6.04 Å². The van der Waals surface area contributed by atoms with Gasteiger partial charge in [0.15, 0.2) is 0 Å². The molecular formula is C11H11FN2S. The number of aromatic nitrogens is 1. The molecular weight excluding hydrogens is 211 g/mol. The van der Waals surface area contributed by atoms with Crippen molar-refractivity contribution >= 4 is 11.3 Å². The van der Waals surface area contributed by atoms with E-state index in [2.05, 4.69) is 10.3 Å². The Morgan fingerprint density at radius 1 is 1.47 bits per heavy atom. The predicted molar refractivity (Wildman–Crippen MR) is 59.4 cm³/mol. The number of nitrogens with one attached hydrogen (secondary N) is 1. The van der Waals surface area contributed by atoms with E-state index < -0.39 is 0 Å². The van der Waals surface area contributed by atoms with E-state index in [0.717, 1.165) is 5.56 Å². The minimum absolute atomic E-state index is 0.169. The molecule has 2 aromatic heterocycles. The zero-order chi connectivity index (χ0) is 10.7. The van der Waals surface area contributed by atoms with E-state index in [0.29, 0.717) is 5.69 Å². The van der Waals surface area contributed by atoms with Gasteiger partial charge in [-0.25, -0.2) is 4.39 Å². The third-order valence-electron chi connectivity index (χ3n) is 2.23. The molecule has 0 spiro atoms. The number of pyridine rings is 1. The summed E-state index contributed by atoms with van der Waals surface area (Å²) in [5, 5.41) is 7.03. The van der Waals surface area contributed by atoms with Crippen LogP contribution in [0.15, 0.2) is 35.2 Å². The highest BCUT2D eigenvalue weighted by atomic mass is 32.1. The number of halogens is 1. The summed E-state index contributed by atoms with van der Waals surface area (Å²) in [6.45, 7) is 0. The van der Waals surface area contributed by atoms with Gasteiger partial charge in [-0.2, -0.15) is 11.3 Å². The van der Waals surface area contributed by atoms with Crippen LogP contribution in [0, 0.1) is 5.82 Å². The van der Waals surface area contributed by atoms with Crippen LogP contribution in [0.5, 0.6) is 0 Å². The highest BCUT2D eigenvalue weighted by Gasteiger charge is 2.17. The van der Waals surface area contributed by atoms with Gasteiger partial charge in [0.2, 0.25) is 0 Å². The molecule has 0 radical (unpaired) electrons. The number of hydrogen-bond donors (Lipinski definition) is 1. The van der Waals surface area contributed by atoms with Gasteiger partial charge in [0.05, 0.1) is 11.7 Å². The van der Waals surface area contributed by atoms with Crippen LogP contribution in [0.3, 0.4) is 0 Å². The molecule has 0 aliphatic rings. The Morgan fingerprint density at radius 2 is 2.33 bits per heavy atom. The van der Waals surface area contributed by atoms with Crippen molar-refractivity contribution in [3.8, 4) is 0 Å². The molecule has 4 heteroatoms. The molecule has 15 heavy (non-hydrogen) atoms. The highest BCUT2D eigenvalue weighted by molar-refractivity contribution is 7.08. The van der Waals surface area contributed by atoms with Crippen LogP contribution in [0.4, 0.5) is 4.39 Å². The van der Waals surface area contributed by atoms with Crippen LogP contribution in [0.2, 0.25) is 0 Å². The quantitative estimate of drug-likeness (QED) is 0.863. The van der Waals surface area contributed by atoms with Gasteiger partial charge in [0, 0.05) is 6.20 Å². The van der Waals surface area contributed by atoms with Crippen molar-refractivity contribution in [1.29, 1.82) is 0 Å². The summed E-state index contributed by atoms with van der Waals surface area (Å²) in [4.78, 5) is 4.07. The minimum Gasteiger partial charge on any atom is -0.308 e. The second kappa shape index (κ2) is 4.51. The standard InChI is InChI=1S/C11H11FN2S/c1-13-10(8-4-6-15-7-8)11-9(12)3-2-5-14-11/h2-7,10,13H,1H3. The Morgan fingerprint density at radius 3 is 2.93 bits per heavy atom. The Kier molecular flexibility index (Phi) is 3.08. The summed E-state index contributed by atoms with van der Waals surface area (Å²) in [6.07, 6.45) is 1.61. The van der Waals surface area contributed by atoms with E-state index >= 15 is 0 Å². The first-order valence-electron chi connectivity index (χ1n) is 4.62. The smallest absolute Gasteiger partial charge is 0.146 e. The molecule has 0 saturated carbocycles. The predicted octanol–water partition coefficient (Wildman–Crippen LogP) is 2.59. The minimum atomic E-state index is -0.275. The molecule has 2 heterocycles. The van der Waals surface area contributed by atoms with E-state index in [1.165, 1.54) is 6.07 Å². The van der Waals surface area contributed by atoms with Gasteiger partial charge < -0.3 is 5.32 Å². The van der Waals surface area contributed by atoms with Gasteiger partial charge in [0.1, 0.15) is 5.82 Å². The van der Waals surface area contributed by atoms with E-state index in [1.807, 2.05) is 16.8 Å². The zero-order valence-electron chi connectivity index (χ0n) is 8.27. The molecule has 0 fully saturated rings. The Hall–Kier alpha value is -1.26. The summed E-state index contributed by atoms with van der Waals surface area (Å²) in [6, 6.07) is 4.83. The van der Waals surface area contributed by atoms with Crippen LogP contribution < -0.4 is 5.32 Å². The van der Waals surface area contributed by atoms with Crippen molar-refractivity contribution < 1.29 is 4.39 Å².